The molecule has 2 aromatic carbocycles. The molecular formula is C20H20N4O. The van der Waals surface area contributed by atoms with Crippen LogP contribution in [0.15, 0.2) is 48.5 Å². The molecule has 3 aromatic rings. The van der Waals surface area contributed by atoms with Crippen molar-refractivity contribution in [2.24, 2.45) is 5.73 Å². The number of nitrogens with zero attached hydrogens (tertiary/aromatic N) is 2. The number of hydrogen-bond acceptors (Lipinski definition) is 4. The summed E-state index contributed by atoms with van der Waals surface area (Å²) in [5.41, 5.74) is 7.53. The van der Waals surface area contributed by atoms with Crippen LogP contribution in [0.4, 0.5) is 5.82 Å². The molecule has 0 spiro atoms. The molecule has 0 bridgehead atoms. The molecule has 1 aliphatic carbocycles. The van der Waals surface area contributed by atoms with Crippen molar-refractivity contribution >= 4 is 22.5 Å². The van der Waals surface area contributed by atoms with Gasteiger partial charge in [-0.05, 0) is 25.0 Å². The number of anilines is 1. The zero-order chi connectivity index (χ0) is 17.2. The van der Waals surface area contributed by atoms with Gasteiger partial charge in [0.2, 0.25) is 5.91 Å². The second-order valence-corrected chi connectivity index (χ2v) is 6.51. The number of hydrogen-bond donors (Lipinski definition) is 2. The lowest BCUT2D eigenvalue weighted by Crippen LogP contribution is -2.16. The largest absolute Gasteiger partial charge is 0.366 e. The van der Waals surface area contributed by atoms with Crippen molar-refractivity contribution < 1.29 is 4.79 Å². The summed E-state index contributed by atoms with van der Waals surface area (Å²) in [5.74, 6) is 0.415. The first-order chi connectivity index (χ1) is 12.2. The Morgan fingerprint density at radius 2 is 1.64 bits per heavy atom. The minimum absolute atomic E-state index is 0.432. The summed E-state index contributed by atoms with van der Waals surface area (Å²) in [5, 5.41) is 14.6. The van der Waals surface area contributed by atoms with E-state index in [2.05, 4.69) is 27.6 Å². The van der Waals surface area contributed by atoms with E-state index >= 15 is 0 Å². The smallest absolute Gasteiger partial charge is 0.248 e. The quantitative estimate of drug-likeness (QED) is 0.762. The second kappa shape index (κ2) is 6.51. The van der Waals surface area contributed by atoms with E-state index in [4.69, 9.17) is 5.73 Å². The standard InChI is InChI=1S/C20H20N4O/c21-19(25)14-11-9-13(10-12-14)18-16-7-3-4-8-17(16)20(24-23-18)22-15-5-1-2-6-15/h3-4,7-12,15H,1-2,5-6H2,(H2,21,25)(H,22,24). The molecule has 126 valence electrons. The van der Waals surface area contributed by atoms with Gasteiger partial charge in [0.15, 0.2) is 5.82 Å². The number of benzene rings is 2. The molecule has 0 unspecified atom stereocenters. The second-order valence-electron chi connectivity index (χ2n) is 6.51. The Labute approximate surface area is 146 Å². The van der Waals surface area contributed by atoms with Gasteiger partial charge in [0.25, 0.3) is 0 Å². The highest BCUT2D eigenvalue weighted by Crippen LogP contribution is 2.31. The summed E-state index contributed by atoms with van der Waals surface area (Å²) in [6.45, 7) is 0. The Kier molecular flexibility index (Phi) is 4.06. The third-order valence-electron chi connectivity index (χ3n) is 4.83. The monoisotopic (exact) mass is 332 g/mol. The molecule has 25 heavy (non-hydrogen) atoms. The molecule has 3 N–H and O–H groups in total. The molecule has 1 saturated carbocycles. The van der Waals surface area contributed by atoms with Crippen molar-refractivity contribution in [3.05, 3.63) is 54.1 Å². The van der Waals surface area contributed by atoms with E-state index in [0.717, 1.165) is 27.8 Å². The fourth-order valence-corrected chi connectivity index (χ4v) is 3.48. The zero-order valence-electron chi connectivity index (χ0n) is 13.9. The highest BCUT2D eigenvalue weighted by molar-refractivity contribution is 6.00. The summed E-state index contributed by atoms with van der Waals surface area (Å²) in [7, 11) is 0. The molecule has 5 heteroatoms. The molecule has 1 aliphatic rings. The van der Waals surface area contributed by atoms with Crippen LogP contribution in [-0.2, 0) is 0 Å². The van der Waals surface area contributed by atoms with Gasteiger partial charge in [0.1, 0.15) is 5.69 Å². The van der Waals surface area contributed by atoms with Gasteiger partial charge in [-0.3, -0.25) is 4.79 Å². The molecule has 1 heterocycles. The number of nitrogens with two attached hydrogens (primary N) is 1. The van der Waals surface area contributed by atoms with Gasteiger partial charge in [-0.2, -0.15) is 0 Å². The van der Waals surface area contributed by atoms with Crippen LogP contribution in [-0.4, -0.2) is 22.1 Å². The first-order valence-electron chi connectivity index (χ1n) is 8.64. The Morgan fingerprint density at radius 1 is 0.960 bits per heavy atom. The van der Waals surface area contributed by atoms with E-state index in [1.165, 1.54) is 25.7 Å². The maximum Gasteiger partial charge on any atom is 0.248 e. The molecule has 1 amide bonds. The lowest BCUT2D eigenvalue weighted by Gasteiger charge is -2.15. The molecule has 0 aliphatic heterocycles. The number of carbonyl (C=O) groups is 1. The van der Waals surface area contributed by atoms with E-state index in [0.29, 0.717) is 11.6 Å². The van der Waals surface area contributed by atoms with Crippen LogP contribution in [0.1, 0.15) is 36.0 Å². The van der Waals surface area contributed by atoms with Gasteiger partial charge in [0.05, 0.1) is 0 Å². The van der Waals surface area contributed by atoms with Crippen LogP contribution in [0.25, 0.3) is 22.0 Å². The van der Waals surface area contributed by atoms with Crippen molar-refractivity contribution in [3.63, 3.8) is 0 Å². The maximum absolute atomic E-state index is 11.3. The predicted molar refractivity (Wildman–Crippen MR) is 99.4 cm³/mol. The van der Waals surface area contributed by atoms with Crippen LogP contribution >= 0.6 is 0 Å². The molecule has 4 rings (SSSR count). The number of nitrogens with one attached hydrogen (secondary N) is 1. The fourth-order valence-electron chi connectivity index (χ4n) is 3.48. The summed E-state index contributed by atoms with van der Waals surface area (Å²) in [6.07, 6.45) is 4.92. The number of primary amides is 1. The highest BCUT2D eigenvalue weighted by Gasteiger charge is 2.18. The summed E-state index contributed by atoms with van der Waals surface area (Å²) >= 11 is 0. The molecule has 5 nitrogen and oxygen atoms in total. The van der Waals surface area contributed by atoms with E-state index in [1.807, 2.05) is 24.3 Å². The maximum atomic E-state index is 11.3. The topological polar surface area (TPSA) is 80.9 Å². The van der Waals surface area contributed by atoms with Crippen LogP contribution in [0.5, 0.6) is 0 Å². The predicted octanol–water partition coefficient (Wildman–Crippen LogP) is 3.75. The van der Waals surface area contributed by atoms with E-state index in [9.17, 15) is 4.79 Å². The van der Waals surface area contributed by atoms with Gasteiger partial charge in [0, 0.05) is 27.9 Å². The van der Waals surface area contributed by atoms with E-state index < -0.39 is 5.91 Å². The molecule has 0 saturated heterocycles. The fraction of sp³-hybridized carbons (Fsp3) is 0.250. The van der Waals surface area contributed by atoms with Gasteiger partial charge in [-0.15, -0.1) is 10.2 Å². The van der Waals surface area contributed by atoms with Gasteiger partial charge >= 0.3 is 0 Å². The van der Waals surface area contributed by atoms with Gasteiger partial charge in [-0.1, -0.05) is 49.2 Å². The minimum Gasteiger partial charge on any atom is -0.366 e. The van der Waals surface area contributed by atoms with Crippen molar-refractivity contribution in [3.8, 4) is 11.3 Å². The number of rotatable bonds is 4. The molecule has 0 radical (unpaired) electrons. The van der Waals surface area contributed by atoms with Crippen LogP contribution in [0, 0.1) is 0 Å². The summed E-state index contributed by atoms with van der Waals surface area (Å²) in [4.78, 5) is 11.3. The zero-order valence-corrected chi connectivity index (χ0v) is 13.9. The van der Waals surface area contributed by atoms with Crippen molar-refractivity contribution in [1.82, 2.24) is 10.2 Å². The summed E-state index contributed by atoms with van der Waals surface area (Å²) in [6, 6.07) is 15.8. The molecule has 1 fully saturated rings. The van der Waals surface area contributed by atoms with E-state index in [1.54, 1.807) is 12.1 Å². The van der Waals surface area contributed by atoms with Crippen LogP contribution < -0.4 is 11.1 Å². The number of aromatic nitrogens is 2. The summed E-state index contributed by atoms with van der Waals surface area (Å²) < 4.78 is 0. The third-order valence-corrected chi connectivity index (χ3v) is 4.83. The van der Waals surface area contributed by atoms with Crippen LogP contribution in [0.2, 0.25) is 0 Å². The minimum atomic E-state index is -0.432. The Hall–Kier alpha value is -2.95. The average Bonchev–Trinajstić information content (AvgIpc) is 3.15. The van der Waals surface area contributed by atoms with Crippen molar-refractivity contribution in [2.45, 2.75) is 31.7 Å². The normalized spacial score (nSPS) is 14.7. The lowest BCUT2D eigenvalue weighted by molar-refractivity contribution is 0.100. The van der Waals surface area contributed by atoms with E-state index in [-0.39, 0.29) is 0 Å². The lowest BCUT2D eigenvalue weighted by atomic mass is 10.0. The Bertz CT molecular complexity index is 915. The van der Waals surface area contributed by atoms with Gasteiger partial charge < -0.3 is 11.1 Å². The average molecular weight is 332 g/mol. The number of carbonyl (C=O) groups excluding carboxylic acids is 1. The first-order valence-corrected chi connectivity index (χ1v) is 8.64. The highest BCUT2D eigenvalue weighted by atomic mass is 16.1. The number of amides is 1. The third kappa shape index (κ3) is 3.05. The van der Waals surface area contributed by atoms with Gasteiger partial charge in [-0.25, -0.2) is 0 Å². The Balaban J connectivity index is 1.76. The molecule has 0 atom stereocenters. The molecule has 1 aromatic heterocycles. The van der Waals surface area contributed by atoms with Crippen molar-refractivity contribution in [1.29, 1.82) is 0 Å². The molecular weight excluding hydrogens is 312 g/mol. The first kappa shape index (κ1) is 15.6. The SMILES string of the molecule is NC(=O)c1ccc(-c2nnc(NC3CCCC3)c3ccccc23)cc1. The Morgan fingerprint density at radius 3 is 2.32 bits per heavy atom. The van der Waals surface area contributed by atoms with Crippen LogP contribution in [0.3, 0.4) is 0 Å². The number of fused-ring (bicyclic) bond motifs is 1. The van der Waals surface area contributed by atoms with Crippen molar-refractivity contribution in [2.75, 3.05) is 5.32 Å².